The van der Waals surface area contributed by atoms with Crippen LogP contribution in [-0.2, 0) is 0 Å². The number of amides is 1. The molecular weight excluding hydrogens is 426 g/mol. The van der Waals surface area contributed by atoms with Crippen LogP contribution in [-0.4, -0.2) is 12.5 Å². The quantitative estimate of drug-likeness (QED) is 0.258. The van der Waals surface area contributed by atoms with E-state index < -0.39 is 5.63 Å². The SMILES string of the molecule is CCCCOc1ccc(C(=O)Nc2ccc(-c3cc4ccccc4oc3=O)c(Cl)c2)cc1. The van der Waals surface area contributed by atoms with Gasteiger partial charge in [-0.15, -0.1) is 0 Å². The fourth-order valence-electron chi connectivity index (χ4n) is 3.30. The van der Waals surface area contributed by atoms with Crippen LogP contribution in [0.2, 0.25) is 5.02 Å². The van der Waals surface area contributed by atoms with Crippen molar-refractivity contribution in [2.75, 3.05) is 11.9 Å². The Bertz CT molecular complexity index is 1310. The van der Waals surface area contributed by atoms with Crippen molar-refractivity contribution in [2.45, 2.75) is 19.8 Å². The normalized spacial score (nSPS) is 10.8. The molecule has 0 radical (unpaired) electrons. The Kier molecular flexibility index (Phi) is 6.57. The maximum absolute atomic E-state index is 12.6. The zero-order valence-corrected chi connectivity index (χ0v) is 18.3. The van der Waals surface area contributed by atoms with Gasteiger partial charge in [-0.2, -0.15) is 0 Å². The molecule has 0 bridgehead atoms. The van der Waals surface area contributed by atoms with Crippen LogP contribution in [0.4, 0.5) is 5.69 Å². The van der Waals surface area contributed by atoms with E-state index in [1.54, 1.807) is 54.6 Å². The predicted octanol–water partition coefficient (Wildman–Crippen LogP) is 6.54. The number of ether oxygens (including phenoxy) is 1. The smallest absolute Gasteiger partial charge is 0.344 e. The largest absolute Gasteiger partial charge is 0.494 e. The third-order valence-corrected chi connectivity index (χ3v) is 5.35. The Morgan fingerprint density at radius 3 is 2.53 bits per heavy atom. The number of carbonyl (C=O) groups excluding carboxylic acids is 1. The van der Waals surface area contributed by atoms with E-state index >= 15 is 0 Å². The molecule has 1 heterocycles. The van der Waals surface area contributed by atoms with Crippen LogP contribution in [0.15, 0.2) is 82.0 Å². The van der Waals surface area contributed by atoms with Gasteiger partial charge in [0.2, 0.25) is 0 Å². The second-order valence-corrected chi connectivity index (χ2v) is 7.77. The molecule has 5 nitrogen and oxygen atoms in total. The number of unbranched alkanes of at least 4 members (excludes halogenated alkanes) is 1. The van der Waals surface area contributed by atoms with Gasteiger partial charge in [0.05, 0.1) is 17.2 Å². The van der Waals surface area contributed by atoms with Crippen molar-refractivity contribution < 1.29 is 13.9 Å². The van der Waals surface area contributed by atoms with E-state index in [0.717, 1.165) is 24.0 Å². The van der Waals surface area contributed by atoms with Gasteiger partial charge in [0.15, 0.2) is 0 Å². The molecule has 0 fully saturated rings. The number of anilines is 1. The summed E-state index contributed by atoms with van der Waals surface area (Å²) in [5.74, 6) is 0.468. The molecule has 3 aromatic carbocycles. The van der Waals surface area contributed by atoms with E-state index in [4.69, 9.17) is 20.8 Å². The molecule has 0 aliphatic heterocycles. The van der Waals surface area contributed by atoms with Crippen molar-refractivity contribution in [3.05, 3.63) is 93.8 Å². The average molecular weight is 448 g/mol. The van der Waals surface area contributed by atoms with E-state index in [-0.39, 0.29) is 5.91 Å². The first kappa shape index (κ1) is 21.7. The Balaban J connectivity index is 1.51. The third kappa shape index (κ3) is 4.84. The average Bonchev–Trinajstić information content (AvgIpc) is 2.79. The molecule has 0 aliphatic rings. The molecule has 0 saturated heterocycles. The molecule has 4 rings (SSSR count). The maximum atomic E-state index is 12.6. The number of rotatable bonds is 7. The van der Waals surface area contributed by atoms with Crippen LogP contribution < -0.4 is 15.7 Å². The molecule has 4 aromatic rings. The molecule has 0 unspecified atom stereocenters. The van der Waals surface area contributed by atoms with Crippen LogP contribution >= 0.6 is 11.6 Å². The van der Waals surface area contributed by atoms with E-state index in [1.807, 2.05) is 18.2 Å². The number of hydrogen-bond donors (Lipinski definition) is 1. The first-order valence-corrected chi connectivity index (χ1v) is 10.8. The van der Waals surface area contributed by atoms with Crippen molar-refractivity contribution >= 4 is 34.2 Å². The molecule has 0 atom stereocenters. The predicted molar refractivity (Wildman–Crippen MR) is 128 cm³/mol. The number of benzene rings is 3. The standard InChI is InChI=1S/C26H22ClNO4/c1-2-3-14-31-20-11-8-17(9-12-20)25(29)28-19-10-13-21(23(27)16-19)22-15-18-6-4-5-7-24(18)32-26(22)30/h4-13,15-16H,2-3,14H2,1H3,(H,28,29). The molecule has 162 valence electrons. The van der Waals surface area contributed by atoms with Gasteiger partial charge < -0.3 is 14.5 Å². The van der Waals surface area contributed by atoms with Gasteiger partial charge in [0.1, 0.15) is 11.3 Å². The number of fused-ring (bicyclic) bond motifs is 1. The molecule has 1 amide bonds. The molecular formula is C26H22ClNO4. The van der Waals surface area contributed by atoms with Gasteiger partial charge in [-0.05, 0) is 55.0 Å². The summed E-state index contributed by atoms with van der Waals surface area (Å²) >= 11 is 6.45. The highest BCUT2D eigenvalue weighted by Gasteiger charge is 2.13. The topological polar surface area (TPSA) is 68.5 Å². The zero-order chi connectivity index (χ0) is 22.5. The van der Waals surface area contributed by atoms with Crippen LogP contribution in [0.25, 0.3) is 22.1 Å². The van der Waals surface area contributed by atoms with Gasteiger partial charge in [-0.25, -0.2) is 4.79 Å². The maximum Gasteiger partial charge on any atom is 0.344 e. The molecule has 6 heteroatoms. The zero-order valence-electron chi connectivity index (χ0n) is 17.6. The summed E-state index contributed by atoms with van der Waals surface area (Å²) in [6, 6.07) is 21.0. The Hall–Kier alpha value is -3.57. The van der Waals surface area contributed by atoms with E-state index in [2.05, 4.69) is 12.2 Å². The molecule has 0 spiro atoms. The van der Waals surface area contributed by atoms with Gasteiger partial charge in [0.25, 0.3) is 5.91 Å². The lowest BCUT2D eigenvalue weighted by Gasteiger charge is -2.10. The minimum atomic E-state index is -0.469. The van der Waals surface area contributed by atoms with E-state index in [9.17, 15) is 9.59 Å². The first-order chi connectivity index (χ1) is 15.5. The van der Waals surface area contributed by atoms with Gasteiger partial charge in [-0.3, -0.25) is 4.79 Å². The third-order valence-electron chi connectivity index (χ3n) is 5.04. The summed E-state index contributed by atoms with van der Waals surface area (Å²) in [5, 5.41) is 3.97. The molecule has 1 N–H and O–H groups in total. The van der Waals surface area contributed by atoms with Crippen LogP contribution in [0.1, 0.15) is 30.1 Å². The first-order valence-electron chi connectivity index (χ1n) is 10.4. The Morgan fingerprint density at radius 1 is 1.00 bits per heavy atom. The van der Waals surface area contributed by atoms with Crippen molar-refractivity contribution in [2.24, 2.45) is 0 Å². The highest BCUT2D eigenvalue weighted by atomic mass is 35.5. The molecule has 1 aromatic heterocycles. The Morgan fingerprint density at radius 2 is 1.78 bits per heavy atom. The minimum Gasteiger partial charge on any atom is -0.494 e. The molecule has 32 heavy (non-hydrogen) atoms. The van der Waals surface area contributed by atoms with Crippen LogP contribution in [0.3, 0.4) is 0 Å². The van der Waals surface area contributed by atoms with Gasteiger partial charge >= 0.3 is 5.63 Å². The number of halogens is 1. The summed E-state index contributed by atoms with van der Waals surface area (Å²) in [6.07, 6.45) is 2.05. The second kappa shape index (κ2) is 9.71. The summed E-state index contributed by atoms with van der Waals surface area (Å²) in [7, 11) is 0. The highest BCUT2D eigenvalue weighted by molar-refractivity contribution is 6.33. The molecule has 0 aliphatic carbocycles. The van der Waals surface area contributed by atoms with Crippen molar-refractivity contribution in [1.82, 2.24) is 0 Å². The van der Waals surface area contributed by atoms with Crippen molar-refractivity contribution in [1.29, 1.82) is 0 Å². The minimum absolute atomic E-state index is 0.265. The highest BCUT2D eigenvalue weighted by Crippen LogP contribution is 2.30. The number of hydrogen-bond acceptors (Lipinski definition) is 4. The fourth-order valence-corrected chi connectivity index (χ4v) is 3.58. The number of carbonyl (C=O) groups is 1. The van der Waals surface area contributed by atoms with E-state index in [1.165, 1.54) is 0 Å². The van der Waals surface area contributed by atoms with Crippen LogP contribution in [0.5, 0.6) is 5.75 Å². The molecule has 0 saturated carbocycles. The lowest BCUT2D eigenvalue weighted by Crippen LogP contribution is -2.12. The van der Waals surface area contributed by atoms with Crippen molar-refractivity contribution in [3.63, 3.8) is 0 Å². The number of para-hydroxylation sites is 1. The second-order valence-electron chi connectivity index (χ2n) is 7.36. The monoisotopic (exact) mass is 447 g/mol. The lowest BCUT2D eigenvalue weighted by atomic mass is 10.1. The lowest BCUT2D eigenvalue weighted by molar-refractivity contribution is 0.102. The Labute approximate surface area is 190 Å². The summed E-state index contributed by atoms with van der Waals surface area (Å²) in [5.41, 5.74) is 1.98. The summed E-state index contributed by atoms with van der Waals surface area (Å²) in [6.45, 7) is 2.76. The van der Waals surface area contributed by atoms with Gasteiger partial charge in [0, 0.05) is 22.2 Å². The van der Waals surface area contributed by atoms with Gasteiger partial charge in [-0.1, -0.05) is 49.2 Å². The fraction of sp³-hybridized carbons (Fsp3) is 0.154. The summed E-state index contributed by atoms with van der Waals surface area (Å²) in [4.78, 5) is 25.0. The van der Waals surface area contributed by atoms with Crippen LogP contribution in [0, 0.1) is 0 Å². The van der Waals surface area contributed by atoms with E-state index in [0.29, 0.717) is 39.6 Å². The summed E-state index contributed by atoms with van der Waals surface area (Å²) < 4.78 is 11.0. The van der Waals surface area contributed by atoms with Crippen molar-refractivity contribution in [3.8, 4) is 16.9 Å². The number of nitrogens with one attached hydrogen (secondary N) is 1.